The molecular formula is C18H25F3N4O2. The molecule has 1 heterocycles. The maximum Gasteiger partial charge on any atom is 0.392 e. The Hall–Kier alpha value is -2.06. The number of nitrogens with zero attached hydrogens (tertiary/aromatic N) is 2. The zero-order valence-corrected chi connectivity index (χ0v) is 15.1. The van der Waals surface area contributed by atoms with Crippen LogP contribution in [0, 0.1) is 11.8 Å². The average molecular weight is 386 g/mol. The van der Waals surface area contributed by atoms with Crippen molar-refractivity contribution in [1.82, 2.24) is 15.1 Å². The Labute approximate surface area is 155 Å². The van der Waals surface area contributed by atoms with Crippen molar-refractivity contribution in [2.24, 2.45) is 11.8 Å². The number of carbonyl (C=O) groups is 2. The summed E-state index contributed by atoms with van der Waals surface area (Å²) in [6.07, 6.45) is 3.96. The van der Waals surface area contributed by atoms with Crippen molar-refractivity contribution in [3.63, 3.8) is 0 Å². The van der Waals surface area contributed by atoms with Crippen LogP contribution in [0.5, 0.6) is 0 Å². The van der Waals surface area contributed by atoms with Crippen LogP contribution in [-0.2, 0) is 16.1 Å². The second-order valence-electron chi connectivity index (χ2n) is 7.50. The summed E-state index contributed by atoms with van der Waals surface area (Å²) in [4.78, 5) is 24.4. The number of aromatic nitrogens is 2. The molecule has 2 aliphatic rings. The summed E-state index contributed by atoms with van der Waals surface area (Å²) >= 11 is 0. The SMILES string of the molecule is O=C(Cn1cc(NC(=O)C2CCCCC2C(F)(F)F)cn1)NC1CCCC1. The Morgan fingerprint density at radius 3 is 2.48 bits per heavy atom. The molecule has 0 saturated heterocycles. The van der Waals surface area contributed by atoms with E-state index in [1.165, 1.54) is 17.1 Å². The number of amides is 2. The van der Waals surface area contributed by atoms with E-state index in [4.69, 9.17) is 0 Å². The molecule has 0 aliphatic heterocycles. The van der Waals surface area contributed by atoms with Gasteiger partial charge in [0.2, 0.25) is 11.8 Å². The van der Waals surface area contributed by atoms with E-state index in [2.05, 4.69) is 15.7 Å². The molecule has 0 aromatic carbocycles. The third kappa shape index (κ3) is 5.23. The molecule has 2 saturated carbocycles. The van der Waals surface area contributed by atoms with Gasteiger partial charge in [-0.15, -0.1) is 0 Å². The van der Waals surface area contributed by atoms with Crippen molar-refractivity contribution in [1.29, 1.82) is 0 Å². The van der Waals surface area contributed by atoms with Crippen LogP contribution in [0.1, 0.15) is 51.4 Å². The fourth-order valence-electron chi connectivity index (χ4n) is 4.08. The third-order valence-electron chi connectivity index (χ3n) is 5.45. The second-order valence-corrected chi connectivity index (χ2v) is 7.50. The first kappa shape index (κ1) is 19.7. The topological polar surface area (TPSA) is 76.0 Å². The molecule has 1 aromatic rings. The Bertz CT molecular complexity index is 668. The first-order valence-electron chi connectivity index (χ1n) is 9.52. The molecule has 0 spiro atoms. The minimum Gasteiger partial charge on any atom is -0.352 e. The van der Waals surface area contributed by atoms with E-state index in [9.17, 15) is 22.8 Å². The van der Waals surface area contributed by atoms with Gasteiger partial charge in [-0.3, -0.25) is 14.3 Å². The third-order valence-corrected chi connectivity index (χ3v) is 5.45. The Balaban J connectivity index is 1.54. The second kappa shape index (κ2) is 8.31. The number of anilines is 1. The molecule has 1 aromatic heterocycles. The molecule has 27 heavy (non-hydrogen) atoms. The molecule has 2 aliphatic carbocycles. The lowest BCUT2D eigenvalue weighted by Gasteiger charge is -2.31. The van der Waals surface area contributed by atoms with Gasteiger partial charge in [-0.1, -0.05) is 25.7 Å². The quantitative estimate of drug-likeness (QED) is 0.816. The highest BCUT2D eigenvalue weighted by molar-refractivity contribution is 5.92. The van der Waals surface area contributed by atoms with Crippen molar-refractivity contribution >= 4 is 17.5 Å². The minimum absolute atomic E-state index is 0.0117. The van der Waals surface area contributed by atoms with Gasteiger partial charge in [0.15, 0.2) is 0 Å². The lowest BCUT2D eigenvalue weighted by atomic mass is 9.78. The molecule has 6 nitrogen and oxygen atoms in total. The van der Waals surface area contributed by atoms with Gasteiger partial charge in [-0.2, -0.15) is 18.3 Å². The number of alkyl halides is 3. The maximum absolute atomic E-state index is 13.2. The molecule has 2 fully saturated rings. The summed E-state index contributed by atoms with van der Waals surface area (Å²) in [6, 6.07) is 0.206. The average Bonchev–Trinajstić information content (AvgIpc) is 3.26. The summed E-state index contributed by atoms with van der Waals surface area (Å²) in [6.45, 7) is 0.0149. The van der Waals surface area contributed by atoms with Crippen LogP contribution in [0.2, 0.25) is 0 Å². The standard InChI is InChI=1S/C18H25F3N4O2/c19-18(20,21)15-8-4-3-7-14(15)17(27)24-13-9-22-25(10-13)11-16(26)23-12-5-1-2-6-12/h9-10,12,14-15H,1-8,11H2,(H,23,26)(H,24,27). The first-order valence-corrected chi connectivity index (χ1v) is 9.52. The number of nitrogens with one attached hydrogen (secondary N) is 2. The molecule has 2 amide bonds. The lowest BCUT2D eigenvalue weighted by molar-refractivity contribution is -0.197. The number of hydrogen-bond acceptors (Lipinski definition) is 3. The highest BCUT2D eigenvalue weighted by Crippen LogP contribution is 2.41. The van der Waals surface area contributed by atoms with Crippen molar-refractivity contribution in [2.75, 3.05) is 5.32 Å². The molecule has 3 rings (SSSR count). The summed E-state index contributed by atoms with van der Waals surface area (Å²) in [7, 11) is 0. The fourth-order valence-corrected chi connectivity index (χ4v) is 4.08. The Kier molecular flexibility index (Phi) is 6.06. The van der Waals surface area contributed by atoms with Gasteiger partial charge in [-0.25, -0.2) is 0 Å². The van der Waals surface area contributed by atoms with E-state index >= 15 is 0 Å². The van der Waals surface area contributed by atoms with Gasteiger partial charge in [-0.05, 0) is 25.7 Å². The summed E-state index contributed by atoms with van der Waals surface area (Å²) in [5.74, 6) is -3.47. The molecule has 150 valence electrons. The predicted molar refractivity (Wildman–Crippen MR) is 92.8 cm³/mol. The van der Waals surface area contributed by atoms with Crippen molar-refractivity contribution in [3.8, 4) is 0 Å². The first-order chi connectivity index (χ1) is 12.8. The number of rotatable bonds is 5. The van der Waals surface area contributed by atoms with E-state index in [0.717, 1.165) is 25.7 Å². The van der Waals surface area contributed by atoms with Crippen LogP contribution in [0.3, 0.4) is 0 Å². The van der Waals surface area contributed by atoms with Crippen molar-refractivity contribution in [3.05, 3.63) is 12.4 Å². The highest BCUT2D eigenvalue weighted by atomic mass is 19.4. The summed E-state index contributed by atoms with van der Waals surface area (Å²) < 4.78 is 40.9. The lowest BCUT2D eigenvalue weighted by Crippen LogP contribution is -2.39. The molecule has 2 N–H and O–H groups in total. The van der Waals surface area contributed by atoms with Crippen LogP contribution in [0.4, 0.5) is 18.9 Å². The van der Waals surface area contributed by atoms with E-state index in [0.29, 0.717) is 18.5 Å². The summed E-state index contributed by atoms with van der Waals surface area (Å²) in [5, 5.41) is 9.48. The van der Waals surface area contributed by atoms with E-state index in [1.54, 1.807) is 0 Å². The zero-order valence-electron chi connectivity index (χ0n) is 15.1. The molecular weight excluding hydrogens is 361 g/mol. The van der Waals surface area contributed by atoms with Gasteiger partial charge in [0.1, 0.15) is 6.54 Å². The van der Waals surface area contributed by atoms with Crippen LogP contribution in [0.15, 0.2) is 12.4 Å². The van der Waals surface area contributed by atoms with Gasteiger partial charge in [0.05, 0.1) is 17.8 Å². The highest BCUT2D eigenvalue weighted by Gasteiger charge is 2.48. The number of hydrogen-bond donors (Lipinski definition) is 2. The fraction of sp³-hybridized carbons (Fsp3) is 0.722. The predicted octanol–water partition coefficient (Wildman–Crippen LogP) is 3.25. The molecule has 0 radical (unpaired) electrons. The molecule has 9 heteroatoms. The van der Waals surface area contributed by atoms with Crippen LogP contribution in [-0.4, -0.2) is 33.8 Å². The van der Waals surface area contributed by atoms with E-state index in [-0.39, 0.29) is 31.3 Å². The zero-order chi connectivity index (χ0) is 19.4. The Morgan fingerprint density at radius 2 is 1.78 bits per heavy atom. The number of carbonyl (C=O) groups excluding carboxylic acids is 2. The normalized spacial score (nSPS) is 24.0. The van der Waals surface area contributed by atoms with E-state index < -0.39 is 23.9 Å². The minimum atomic E-state index is -4.37. The molecule has 2 atom stereocenters. The van der Waals surface area contributed by atoms with Crippen molar-refractivity contribution < 1.29 is 22.8 Å². The van der Waals surface area contributed by atoms with Gasteiger partial charge in [0, 0.05) is 18.2 Å². The Morgan fingerprint density at radius 1 is 1.11 bits per heavy atom. The number of halogens is 3. The van der Waals surface area contributed by atoms with Gasteiger partial charge < -0.3 is 10.6 Å². The molecule has 2 unspecified atom stereocenters. The van der Waals surface area contributed by atoms with Gasteiger partial charge >= 0.3 is 6.18 Å². The van der Waals surface area contributed by atoms with Crippen LogP contribution < -0.4 is 10.6 Å². The van der Waals surface area contributed by atoms with Crippen LogP contribution >= 0.6 is 0 Å². The largest absolute Gasteiger partial charge is 0.392 e. The smallest absolute Gasteiger partial charge is 0.352 e. The van der Waals surface area contributed by atoms with E-state index in [1.807, 2.05) is 0 Å². The molecule has 0 bridgehead atoms. The maximum atomic E-state index is 13.2. The van der Waals surface area contributed by atoms with Crippen LogP contribution in [0.25, 0.3) is 0 Å². The van der Waals surface area contributed by atoms with Gasteiger partial charge in [0.25, 0.3) is 0 Å². The monoisotopic (exact) mass is 386 g/mol. The van der Waals surface area contributed by atoms with Crippen molar-refractivity contribution in [2.45, 2.75) is 70.1 Å². The summed E-state index contributed by atoms with van der Waals surface area (Å²) in [5.41, 5.74) is 0.306.